The third-order valence-electron chi connectivity index (χ3n) is 7.65. The van der Waals surface area contributed by atoms with Gasteiger partial charge >= 0.3 is 0 Å². The number of ether oxygens (including phenoxy) is 2. The molecule has 0 radical (unpaired) electrons. The third-order valence-corrected chi connectivity index (χ3v) is 7.65. The zero-order valence-electron chi connectivity index (χ0n) is 22.4. The van der Waals surface area contributed by atoms with Crippen molar-refractivity contribution in [3.63, 3.8) is 0 Å². The van der Waals surface area contributed by atoms with Gasteiger partial charge in [0.05, 0.1) is 30.5 Å². The normalized spacial score (nSPS) is 20.3. The number of fused-ring (bicyclic) bond motifs is 1. The van der Waals surface area contributed by atoms with Crippen molar-refractivity contribution in [2.45, 2.75) is 44.4 Å². The number of morpholine rings is 1. The highest BCUT2D eigenvalue weighted by molar-refractivity contribution is 5.93. The van der Waals surface area contributed by atoms with Crippen molar-refractivity contribution >= 4 is 16.7 Å². The van der Waals surface area contributed by atoms with E-state index in [1.807, 2.05) is 19.4 Å². The van der Waals surface area contributed by atoms with Gasteiger partial charge < -0.3 is 14.8 Å². The highest BCUT2D eigenvalue weighted by Gasteiger charge is 2.27. The number of aromatic nitrogens is 6. The predicted molar refractivity (Wildman–Crippen MR) is 148 cm³/mol. The monoisotopic (exact) mass is 530 g/mol. The fourth-order valence-electron chi connectivity index (χ4n) is 5.43. The Morgan fingerprint density at radius 3 is 2.56 bits per heavy atom. The minimum atomic E-state index is -0.148. The van der Waals surface area contributed by atoms with Crippen LogP contribution >= 0.6 is 0 Å². The molecule has 4 aromatic heterocycles. The molecule has 1 saturated carbocycles. The van der Waals surface area contributed by atoms with Crippen molar-refractivity contribution in [1.29, 1.82) is 0 Å². The molecule has 0 amide bonds. The molecule has 6 rings (SSSR count). The molecule has 1 aliphatic heterocycles. The molecule has 39 heavy (non-hydrogen) atoms. The number of rotatable bonds is 7. The van der Waals surface area contributed by atoms with Gasteiger partial charge in [-0.15, -0.1) is 5.10 Å². The first kappa shape index (κ1) is 25.4. The van der Waals surface area contributed by atoms with E-state index < -0.39 is 0 Å². The van der Waals surface area contributed by atoms with Gasteiger partial charge in [0.25, 0.3) is 5.56 Å². The molecule has 0 bridgehead atoms. The summed E-state index contributed by atoms with van der Waals surface area (Å²) in [6.45, 7) is 4.26. The summed E-state index contributed by atoms with van der Waals surface area (Å²) in [5, 5.41) is 13.5. The van der Waals surface area contributed by atoms with Crippen LogP contribution in [0.1, 0.15) is 37.4 Å². The number of hydrogen-bond acceptors (Lipinski definition) is 9. The summed E-state index contributed by atoms with van der Waals surface area (Å²) in [6.07, 6.45) is 7.52. The largest absolute Gasteiger partial charge is 0.473 e. The van der Waals surface area contributed by atoms with Crippen LogP contribution in [0.2, 0.25) is 0 Å². The van der Waals surface area contributed by atoms with Gasteiger partial charge in [0.2, 0.25) is 5.88 Å². The van der Waals surface area contributed by atoms with E-state index in [1.165, 1.54) is 10.7 Å². The van der Waals surface area contributed by atoms with Crippen LogP contribution in [-0.2, 0) is 18.3 Å². The third kappa shape index (κ3) is 5.50. The molecule has 0 aromatic carbocycles. The molecule has 1 N–H and O–H groups in total. The van der Waals surface area contributed by atoms with Gasteiger partial charge in [-0.2, -0.15) is 5.10 Å². The van der Waals surface area contributed by atoms with E-state index in [0.717, 1.165) is 92.2 Å². The topological polar surface area (TPSA) is 112 Å². The van der Waals surface area contributed by atoms with E-state index in [4.69, 9.17) is 19.6 Å². The van der Waals surface area contributed by atoms with Crippen LogP contribution < -0.4 is 15.6 Å². The van der Waals surface area contributed by atoms with Crippen LogP contribution in [0.25, 0.3) is 22.2 Å². The highest BCUT2D eigenvalue weighted by Crippen LogP contribution is 2.36. The minimum Gasteiger partial charge on any atom is -0.473 e. The summed E-state index contributed by atoms with van der Waals surface area (Å²) < 4.78 is 15.0. The summed E-state index contributed by atoms with van der Waals surface area (Å²) in [4.78, 5) is 23.4. The first-order valence-corrected chi connectivity index (χ1v) is 13.6. The number of nitrogens with zero attached hydrogens (tertiary/aromatic N) is 7. The molecule has 2 aliphatic rings. The van der Waals surface area contributed by atoms with E-state index in [-0.39, 0.29) is 17.7 Å². The molecule has 2 fully saturated rings. The molecular formula is C28H34N8O3. The Balaban J connectivity index is 1.21. The Morgan fingerprint density at radius 1 is 1.03 bits per heavy atom. The smallest absolute Gasteiger partial charge is 0.266 e. The van der Waals surface area contributed by atoms with Gasteiger partial charge in [-0.3, -0.25) is 19.4 Å². The van der Waals surface area contributed by atoms with Crippen LogP contribution in [0.15, 0.2) is 47.5 Å². The Morgan fingerprint density at radius 2 is 1.85 bits per heavy atom. The standard InChI is InChI=1S/C28H34N8O3/c1-29-25-15-24-23(17-31-25)28(19-3-4-20(30-16-19)18-35-11-13-38-14-12-35)33-36(24)21-5-7-22(8-6-21)39-26-9-10-27(37)34(2)32-26/h3-4,9-10,15-17,21-22H,5-8,11-14,18H2,1-2H3,(H,29,31)/t21-,22+. The number of pyridine rings is 2. The fraction of sp³-hybridized carbons (Fsp3) is 0.464. The average Bonchev–Trinajstić information content (AvgIpc) is 3.35. The van der Waals surface area contributed by atoms with Gasteiger partial charge in [-0.05, 0) is 37.8 Å². The molecular weight excluding hydrogens is 496 g/mol. The van der Waals surface area contributed by atoms with Crippen molar-refractivity contribution in [2.75, 3.05) is 38.7 Å². The van der Waals surface area contributed by atoms with E-state index in [1.54, 1.807) is 13.1 Å². The van der Waals surface area contributed by atoms with Crippen molar-refractivity contribution < 1.29 is 9.47 Å². The van der Waals surface area contributed by atoms with Crippen molar-refractivity contribution in [1.82, 2.24) is 34.4 Å². The average molecular weight is 531 g/mol. The summed E-state index contributed by atoms with van der Waals surface area (Å²) in [7, 11) is 3.51. The second-order valence-electron chi connectivity index (χ2n) is 10.2. The van der Waals surface area contributed by atoms with Gasteiger partial charge in [-0.25, -0.2) is 9.67 Å². The van der Waals surface area contributed by atoms with E-state index in [9.17, 15) is 4.79 Å². The minimum absolute atomic E-state index is 0.0605. The lowest BCUT2D eigenvalue weighted by Gasteiger charge is -2.29. The number of anilines is 1. The zero-order chi connectivity index (χ0) is 26.8. The maximum absolute atomic E-state index is 11.6. The van der Waals surface area contributed by atoms with Gasteiger partial charge in [0.15, 0.2) is 0 Å². The van der Waals surface area contributed by atoms with Crippen LogP contribution in [0.4, 0.5) is 5.82 Å². The van der Waals surface area contributed by atoms with Gasteiger partial charge in [0.1, 0.15) is 17.6 Å². The SMILES string of the molecule is CNc1cc2c(cn1)c(-c1ccc(CN3CCOCC3)nc1)nn2[C@H]1CC[C@@H](Oc2ccc(=O)n(C)n2)CC1. The summed E-state index contributed by atoms with van der Waals surface area (Å²) in [5.74, 6) is 1.30. The molecule has 0 atom stereocenters. The second-order valence-corrected chi connectivity index (χ2v) is 10.2. The second kappa shape index (κ2) is 11.1. The lowest BCUT2D eigenvalue weighted by atomic mass is 9.93. The summed E-state index contributed by atoms with van der Waals surface area (Å²) >= 11 is 0. The van der Waals surface area contributed by atoms with Crippen LogP contribution in [0.3, 0.4) is 0 Å². The Hall–Kier alpha value is -3.83. The molecule has 11 heteroatoms. The lowest BCUT2D eigenvalue weighted by molar-refractivity contribution is 0.0336. The quantitative estimate of drug-likeness (QED) is 0.385. The molecule has 1 aliphatic carbocycles. The first-order valence-electron chi connectivity index (χ1n) is 13.6. The maximum Gasteiger partial charge on any atom is 0.266 e. The Bertz CT molecular complexity index is 1490. The van der Waals surface area contributed by atoms with Gasteiger partial charge in [0, 0.05) is 75.3 Å². The molecule has 11 nitrogen and oxygen atoms in total. The molecule has 0 unspecified atom stereocenters. The van der Waals surface area contributed by atoms with Crippen molar-refractivity contribution in [3.8, 4) is 17.1 Å². The highest BCUT2D eigenvalue weighted by atomic mass is 16.5. The molecule has 1 saturated heterocycles. The van der Waals surface area contributed by atoms with Crippen LogP contribution in [0.5, 0.6) is 5.88 Å². The fourth-order valence-corrected chi connectivity index (χ4v) is 5.43. The predicted octanol–water partition coefficient (Wildman–Crippen LogP) is 3.02. The molecule has 0 spiro atoms. The Labute approximate surface area is 226 Å². The zero-order valence-corrected chi connectivity index (χ0v) is 22.4. The van der Waals surface area contributed by atoms with Crippen LogP contribution in [0, 0.1) is 0 Å². The number of aryl methyl sites for hydroxylation is 1. The molecule has 204 valence electrons. The molecule has 4 aromatic rings. The summed E-state index contributed by atoms with van der Waals surface area (Å²) in [5.41, 5.74) is 3.85. The first-order chi connectivity index (χ1) is 19.1. The summed E-state index contributed by atoms with van der Waals surface area (Å²) in [6, 6.07) is 9.67. The number of nitrogens with one attached hydrogen (secondary N) is 1. The van der Waals surface area contributed by atoms with Crippen LogP contribution in [-0.4, -0.2) is 73.9 Å². The van der Waals surface area contributed by atoms with Crippen molar-refractivity contribution in [3.05, 3.63) is 58.8 Å². The maximum atomic E-state index is 11.6. The van der Waals surface area contributed by atoms with E-state index in [0.29, 0.717) is 5.88 Å². The van der Waals surface area contributed by atoms with Crippen molar-refractivity contribution in [2.24, 2.45) is 7.05 Å². The lowest BCUT2D eigenvalue weighted by Crippen LogP contribution is -2.35. The number of hydrogen-bond donors (Lipinski definition) is 1. The van der Waals surface area contributed by atoms with Gasteiger partial charge in [-0.1, -0.05) is 0 Å². The Kier molecular flexibility index (Phi) is 7.25. The molecule has 5 heterocycles. The van der Waals surface area contributed by atoms with E-state index >= 15 is 0 Å². The van der Waals surface area contributed by atoms with E-state index in [2.05, 4.69) is 43.2 Å².